The van der Waals surface area contributed by atoms with Gasteiger partial charge in [0.05, 0.1) is 19.8 Å². The Bertz CT molecular complexity index is 1160. The first-order valence-corrected chi connectivity index (χ1v) is 13.6. The molecular formula is C27H30ClNO6P+. The van der Waals surface area contributed by atoms with E-state index in [2.05, 4.69) is 4.90 Å². The molecule has 1 saturated heterocycles. The molecule has 4 rings (SSSR count). The molecule has 0 amide bonds. The van der Waals surface area contributed by atoms with Gasteiger partial charge in [0.2, 0.25) is 0 Å². The summed E-state index contributed by atoms with van der Waals surface area (Å²) in [6.45, 7) is 1.52. The number of carbonyl (C=O) groups is 1. The molecule has 1 aliphatic heterocycles. The Balaban J connectivity index is 1.61. The summed E-state index contributed by atoms with van der Waals surface area (Å²) in [6.07, 6.45) is 1.13. The zero-order valence-corrected chi connectivity index (χ0v) is 21.9. The molecule has 9 heteroatoms. The molecule has 0 radical (unpaired) electrons. The molecule has 0 aliphatic carbocycles. The van der Waals surface area contributed by atoms with E-state index in [1.165, 1.54) is 14.2 Å². The molecule has 0 bridgehead atoms. The van der Waals surface area contributed by atoms with Crippen LogP contribution in [0, 0.1) is 5.92 Å². The topological polar surface area (TPSA) is 88.5 Å². The Morgan fingerprint density at radius 3 is 2.17 bits per heavy atom. The second-order valence-corrected chi connectivity index (χ2v) is 10.9. The normalized spacial score (nSPS) is 15.6. The van der Waals surface area contributed by atoms with Gasteiger partial charge in [0, 0.05) is 23.8 Å². The largest absolute Gasteiger partial charge is 0.572 e. The number of aromatic carboxylic acids is 1. The van der Waals surface area contributed by atoms with Crippen LogP contribution in [0.2, 0.25) is 5.02 Å². The lowest BCUT2D eigenvalue weighted by molar-refractivity contribution is 0.0387. The molecule has 190 valence electrons. The predicted octanol–water partition coefficient (Wildman–Crippen LogP) is 6.64. The van der Waals surface area contributed by atoms with E-state index in [1.54, 1.807) is 12.1 Å². The Kier molecular flexibility index (Phi) is 8.62. The number of hydrogen-bond donors (Lipinski definition) is 2. The van der Waals surface area contributed by atoms with Crippen molar-refractivity contribution >= 4 is 31.4 Å². The van der Waals surface area contributed by atoms with Crippen LogP contribution in [-0.4, -0.2) is 43.3 Å². The third-order valence-electron chi connectivity index (χ3n) is 6.58. The van der Waals surface area contributed by atoms with Crippen molar-refractivity contribution in [1.29, 1.82) is 0 Å². The fraction of sp³-hybridized carbons (Fsp3) is 0.296. The molecule has 1 heterocycles. The minimum atomic E-state index is -3.52. The predicted molar refractivity (Wildman–Crippen MR) is 142 cm³/mol. The maximum Gasteiger partial charge on any atom is 0.572 e. The smallest absolute Gasteiger partial charge is 0.478 e. The lowest BCUT2D eigenvalue weighted by Crippen LogP contribution is -2.36. The second kappa shape index (κ2) is 11.7. The number of hydrogen-bond acceptors (Lipinski definition) is 6. The van der Waals surface area contributed by atoms with E-state index in [-0.39, 0.29) is 11.5 Å². The SMILES string of the molecule is CO[P+](O)(OC)O[C@@H](c1ccccc1-c1ccc(Cl)cc1)C1CCN(c2ccc(C(=O)O)cc2)CC1. The van der Waals surface area contributed by atoms with Crippen molar-refractivity contribution in [3.8, 4) is 11.1 Å². The molecule has 0 aromatic heterocycles. The molecule has 0 spiro atoms. The molecular weight excluding hydrogens is 501 g/mol. The fourth-order valence-electron chi connectivity index (χ4n) is 4.61. The minimum absolute atomic E-state index is 0.0878. The van der Waals surface area contributed by atoms with Gasteiger partial charge in [-0.15, -0.1) is 4.52 Å². The maximum atomic E-state index is 11.2. The summed E-state index contributed by atoms with van der Waals surface area (Å²) >= 11 is 6.12. The summed E-state index contributed by atoms with van der Waals surface area (Å²) in [7, 11) is -0.762. The number of benzene rings is 3. The summed E-state index contributed by atoms with van der Waals surface area (Å²) < 4.78 is 16.8. The van der Waals surface area contributed by atoms with Crippen molar-refractivity contribution in [3.05, 3.63) is 88.9 Å². The average Bonchev–Trinajstić information content (AvgIpc) is 2.92. The first-order valence-electron chi connectivity index (χ1n) is 11.7. The average molecular weight is 531 g/mol. The fourth-order valence-corrected chi connectivity index (χ4v) is 5.63. The van der Waals surface area contributed by atoms with Gasteiger partial charge in [-0.05, 0) is 71.8 Å². The van der Waals surface area contributed by atoms with E-state index in [4.69, 9.17) is 30.3 Å². The van der Waals surface area contributed by atoms with E-state index in [1.807, 2.05) is 60.7 Å². The van der Waals surface area contributed by atoms with Gasteiger partial charge in [0.1, 0.15) is 6.10 Å². The molecule has 1 atom stereocenters. The third kappa shape index (κ3) is 6.06. The Hall–Kier alpha value is -2.51. The highest BCUT2D eigenvalue weighted by Crippen LogP contribution is 2.61. The van der Waals surface area contributed by atoms with Gasteiger partial charge < -0.3 is 10.0 Å². The summed E-state index contributed by atoms with van der Waals surface area (Å²) in [6, 6.07) is 22.6. The summed E-state index contributed by atoms with van der Waals surface area (Å²) in [4.78, 5) is 24.3. The van der Waals surface area contributed by atoms with Gasteiger partial charge in [-0.25, -0.2) is 4.79 Å². The van der Waals surface area contributed by atoms with Crippen LogP contribution in [-0.2, 0) is 13.6 Å². The van der Waals surface area contributed by atoms with Crippen LogP contribution in [0.4, 0.5) is 5.69 Å². The number of carboxylic acid groups (broad SMARTS) is 1. The first kappa shape index (κ1) is 26.6. The van der Waals surface area contributed by atoms with Crippen LogP contribution in [0.1, 0.15) is 34.9 Å². The lowest BCUT2D eigenvalue weighted by Gasteiger charge is -2.37. The van der Waals surface area contributed by atoms with E-state index < -0.39 is 20.2 Å². The maximum absolute atomic E-state index is 11.2. The zero-order chi connectivity index (χ0) is 25.7. The molecule has 1 fully saturated rings. The van der Waals surface area contributed by atoms with Crippen LogP contribution in [0.3, 0.4) is 0 Å². The molecule has 36 heavy (non-hydrogen) atoms. The monoisotopic (exact) mass is 530 g/mol. The van der Waals surface area contributed by atoms with Crippen LogP contribution in [0.5, 0.6) is 0 Å². The van der Waals surface area contributed by atoms with Crippen molar-refractivity contribution < 1.29 is 28.4 Å². The van der Waals surface area contributed by atoms with E-state index in [9.17, 15) is 9.69 Å². The van der Waals surface area contributed by atoms with Crippen molar-refractivity contribution in [2.24, 2.45) is 5.92 Å². The Labute approximate surface area is 216 Å². The number of rotatable bonds is 9. The summed E-state index contributed by atoms with van der Waals surface area (Å²) in [5, 5.41) is 9.83. The zero-order valence-electron chi connectivity index (χ0n) is 20.2. The van der Waals surface area contributed by atoms with Crippen LogP contribution in [0.15, 0.2) is 72.8 Å². The molecule has 3 aromatic rings. The van der Waals surface area contributed by atoms with Gasteiger partial charge in [-0.3, -0.25) is 0 Å². The number of piperidine rings is 1. The molecule has 3 aromatic carbocycles. The van der Waals surface area contributed by atoms with Gasteiger partial charge in [-0.1, -0.05) is 48.0 Å². The van der Waals surface area contributed by atoms with E-state index in [0.717, 1.165) is 48.3 Å². The van der Waals surface area contributed by atoms with E-state index in [0.29, 0.717) is 5.02 Å². The summed E-state index contributed by atoms with van der Waals surface area (Å²) in [5.74, 6) is -0.850. The third-order valence-corrected chi connectivity index (χ3v) is 8.25. The first-order chi connectivity index (χ1) is 17.3. The highest BCUT2D eigenvalue weighted by molar-refractivity contribution is 7.55. The number of carboxylic acids is 1. The number of halogens is 1. The standard InChI is InChI=1S/C27H29ClNO6P/c1-33-36(32,34-2)35-26(25-6-4-3-5-24(25)19-7-11-22(28)12-8-19)20-15-17-29(18-16-20)23-13-9-21(10-14-23)27(30)31/h3-14,20,26,32H,15-18H2,1-2H3/p+1/t26-/m1/s1. The Morgan fingerprint density at radius 1 is 0.972 bits per heavy atom. The van der Waals surface area contributed by atoms with Gasteiger partial charge in [-0.2, -0.15) is 13.9 Å². The molecule has 7 nitrogen and oxygen atoms in total. The van der Waals surface area contributed by atoms with Crippen LogP contribution in [0.25, 0.3) is 11.1 Å². The number of anilines is 1. The van der Waals surface area contributed by atoms with Gasteiger partial charge in [0.15, 0.2) is 0 Å². The molecule has 0 unspecified atom stereocenters. The van der Waals surface area contributed by atoms with E-state index >= 15 is 0 Å². The minimum Gasteiger partial charge on any atom is -0.478 e. The van der Waals surface area contributed by atoms with Gasteiger partial charge >= 0.3 is 14.1 Å². The highest BCUT2D eigenvalue weighted by Gasteiger charge is 2.48. The summed E-state index contributed by atoms with van der Waals surface area (Å²) in [5.41, 5.74) is 4.18. The van der Waals surface area contributed by atoms with Crippen LogP contribution >= 0.6 is 19.8 Å². The van der Waals surface area contributed by atoms with Gasteiger partial charge in [0.25, 0.3) is 0 Å². The second-order valence-electron chi connectivity index (χ2n) is 8.63. The molecule has 1 aliphatic rings. The van der Waals surface area contributed by atoms with Crippen molar-refractivity contribution in [2.45, 2.75) is 18.9 Å². The lowest BCUT2D eigenvalue weighted by atomic mass is 9.84. The van der Waals surface area contributed by atoms with Crippen LogP contribution < -0.4 is 4.90 Å². The molecule has 2 N–H and O–H groups in total. The van der Waals surface area contributed by atoms with Crippen molar-refractivity contribution in [2.75, 3.05) is 32.2 Å². The highest BCUT2D eigenvalue weighted by atomic mass is 35.5. The Morgan fingerprint density at radius 2 is 1.58 bits per heavy atom. The quantitative estimate of drug-likeness (QED) is 0.300. The van der Waals surface area contributed by atoms with Crippen molar-refractivity contribution in [3.63, 3.8) is 0 Å². The van der Waals surface area contributed by atoms with Crippen molar-refractivity contribution in [1.82, 2.24) is 0 Å². The number of nitrogens with zero attached hydrogens (tertiary/aromatic N) is 1. The molecule has 0 saturated carbocycles.